The molecular formula is C14H13ClIN3. The summed E-state index contributed by atoms with van der Waals surface area (Å²) >= 11 is 8.39. The molecule has 3 rings (SSSR count). The van der Waals surface area contributed by atoms with E-state index in [-0.39, 0.29) is 0 Å². The summed E-state index contributed by atoms with van der Waals surface area (Å²) in [7, 11) is 0. The zero-order valence-corrected chi connectivity index (χ0v) is 13.4. The second-order valence-electron chi connectivity index (χ2n) is 4.87. The van der Waals surface area contributed by atoms with Crippen LogP contribution in [0.3, 0.4) is 0 Å². The highest BCUT2D eigenvalue weighted by Gasteiger charge is 2.29. The van der Waals surface area contributed by atoms with Gasteiger partial charge in [0.25, 0.3) is 0 Å². The largest absolute Gasteiger partial charge is 0.383 e. The van der Waals surface area contributed by atoms with Gasteiger partial charge >= 0.3 is 0 Å². The summed E-state index contributed by atoms with van der Waals surface area (Å²) in [5.41, 5.74) is 9.05. The van der Waals surface area contributed by atoms with Crippen LogP contribution in [-0.2, 0) is 0 Å². The number of hydrogen-bond acceptors (Lipinski definition) is 3. The fourth-order valence-electron chi connectivity index (χ4n) is 1.97. The van der Waals surface area contributed by atoms with E-state index in [0.29, 0.717) is 17.6 Å². The lowest BCUT2D eigenvalue weighted by Gasteiger charge is -2.09. The fourth-order valence-corrected chi connectivity index (χ4v) is 2.83. The zero-order chi connectivity index (χ0) is 13.6. The van der Waals surface area contributed by atoms with E-state index < -0.39 is 0 Å². The lowest BCUT2D eigenvalue weighted by atomic mass is 10.1. The molecule has 0 amide bonds. The number of anilines is 1. The van der Waals surface area contributed by atoms with Crippen molar-refractivity contribution in [2.75, 3.05) is 5.73 Å². The molecule has 0 radical (unpaired) electrons. The number of nitrogens with two attached hydrogens (primary N) is 1. The zero-order valence-electron chi connectivity index (χ0n) is 10.5. The Morgan fingerprint density at radius 3 is 2.68 bits per heavy atom. The Bertz CT molecular complexity index is 653. The Labute approximate surface area is 130 Å². The standard InChI is InChI=1S/C14H13ClIN3/c1-7-2-3-9(6-10(7)15)14-18-12(8-4-5-8)11(16)13(17)19-14/h2-3,6,8H,4-5H2,1H3,(H2,17,18,19). The Balaban J connectivity index is 2.11. The molecule has 3 nitrogen and oxygen atoms in total. The minimum absolute atomic E-state index is 0.553. The van der Waals surface area contributed by atoms with Crippen molar-refractivity contribution < 1.29 is 0 Å². The van der Waals surface area contributed by atoms with Gasteiger partial charge in [-0.1, -0.05) is 23.7 Å². The highest BCUT2D eigenvalue weighted by molar-refractivity contribution is 14.1. The van der Waals surface area contributed by atoms with Crippen molar-refractivity contribution >= 4 is 40.0 Å². The molecule has 0 saturated heterocycles. The molecular weight excluding hydrogens is 373 g/mol. The maximum Gasteiger partial charge on any atom is 0.161 e. The second kappa shape index (κ2) is 4.90. The van der Waals surface area contributed by atoms with Crippen molar-refractivity contribution in [3.05, 3.63) is 38.0 Å². The number of rotatable bonds is 2. The second-order valence-corrected chi connectivity index (χ2v) is 6.36. The Kier molecular flexibility index (Phi) is 3.39. The van der Waals surface area contributed by atoms with Crippen LogP contribution in [0, 0.1) is 10.5 Å². The summed E-state index contributed by atoms with van der Waals surface area (Å²) in [6.07, 6.45) is 2.39. The van der Waals surface area contributed by atoms with Gasteiger partial charge in [-0.05, 0) is 54.0 Å². The topological polar surface area (TPSA) is 51.8 Å². The van der Waals surface area contributed by atoms with Gasteiger partial charge < -0.3 is 5.73 Å². The monoisotopic (exact) mass is 385 g/mol. The van der Waals surface area contributed by atoms with Crippen molar-refractivity contribution in [1.29, 1.82) is 0 Å². The quantitative estimate of drug-likeness (QED) is 0.789. The van der Waals surface area contributed by atoms with Gasteiger partial charge in [0.05, 0.1) is 9.26 Å². The molecule has 1 fully saturated rings. The maximum absolute atomic E-state index is 6.16. The van der Waals surface area contributed by atoms with Crippen LogP contribution in [0.5, 0.6) is 0 Å². The Morgan fingerprint density at radius 1 is 1.32 bits per heavy atom. The number of benzene rings is 1. The van der Waals surface area contributed by atoms with Gasteiger partial charge in [-0.3, -0.25) is 0 Å². The van der Waals surface area contributed by atoms with Gasteiger partial charge in [0.15, 0.2) is 5.82 Å². The van der Waals surface area contributed by atoms with Crippen molar-refractivity contribution in [2.45, 2.75) is 25.7 Å². The summed E-state index contributed by atoms with van der Waals surface area (Å²) in [5.74, 6) is 1.78. The van der Waals surface area contributed by atoms with Gasteiger partial charge in [-0.15, -0.1) is 0 Å². The Morgan fingerprint density at radius 2 is 2.05 bits per heavy atom. The highest BCUT2D eigenvalue weighted by Crippen LogP contribution is 2.42. The van der Waals surface area contributed by atoms with Crippen LogP contribution in [0.4, 0.5) is 5.82 Å². The van der Waals surface area contributed by atoms with E-state index in [4.69, 9.17) is 17.3 Å². The van der Waals surface area contributed by atoms with Crippen LogP contribution in [-0.4, -0.2) is 9.97 Å². The van der Waals surface area contributed by atoms with Gasteiger partial charge in [0.2, 0.25) is 0 Å². The average molecular weight is 386 g/mol. The van der Waals surface area contributed by atoms with Crippen LogP contribution >= 0.6 is 34.2 Å². The molecule has 0 bridgehead atoms. The molecule has 98 valence electrons. The van der Waals surface area contributed by atoms with Crippen LogP contribution in [0.2, 0.25) is 5.02 Å². The number of aryl methyl sites for hydroxylation is 1. The smallest absolute Gasteiger partial charge is 0.161 e. The van der Waals surface area contributed by atoms with E-state index in [9.17, 15) is 0 Å². The predicted octanol–water partition coefficient (Wildman–Crippen LogP) is 4.17. The van der Waals surface area contributed by atoms with Gasteiger partial charge in [0, 0.05) is 16.5 Å². The van der Waals surface area contributed by atoms with Crippen molar-refractivity contribution in [3.63, 3.8) is 0 Å². The normalized spacial score (nSPS) is 14.7. The lowest BCUT2D eigenvalue weighted by molar-refractivity contribution is 0.983. The molecule has 2 aromatic rings. The molecule has 5 heteroatoms. The molecule has 0 aliphatic heterocycles. The number of hydrogen-bond donors (Lipinski definition) is 1. The summed E-state index contributed by atoms with van der Waals surface area (Å²) in [5, 5.41) is 0.728. The number of nitrogen functional groups attached to an aromatic ring is 1. The molecule has 1 heterocycles. The molecule has 0 atom stereocenters. The number of nitrogens with zero attached hydrogens (tertiary/aromatic N) is 2. The highest BCUT2D eigenvalue weighted by atomic mass is 127. The number of aromatic nitrogens is 2. The third kappa shape index (κ3) is 2.56. The number of halogens is 2. The first-order valence-electron chi connectivity index (χ1n) is 6.15. The van der Waals surface area contributed by atoms with Crippen LogP contribution < -0.4 is 5.73 Å². The summed E-state index contributed by atoms with van der Waals surface area (Å²) in [6, 6.07) is 5.86. The van der Waals surface area contributed by atoms with E-state index in [0.717, 1.165) is 25.4 Å². The van der Waals surface area contributed by atoms with Crippen LogP contribution in [0.15, 0.2) is 18.2 Å². The molecule has 1 aliphatic carbocycles. The SMILES string of the molecule is Cc1ccc(-c2nc(N)c(I)c(C3CC3)n2)cc1Cl. The molecule has 1 aromatic carbocycles. The minimum atomic E-state index is 0.553. The first-order chi connectivity index (χ1) is 9.06. The Hall–Kier alpha value is -0.880. The van der Waals surface area contributed by atoms with Gasteiger partial charge in [-0.25, -0.2) is 9.97 Å². The first kappa shape index (κ1) is 13.1. The van der Waals surface area contributed by atoms with E-state index in [1.807, 2.05) is 25.1 Å². The molecule has 1 aromatic heterocycles. The molecule has 1 aliphatic rings. The molecule has 19 heavy (non-hydrogen) atoms. The predicted molar refractivity (Wildman–Crippen MR) is 86.3 cm³/mol. The van der Waals surface area contributed by atoms with E-state index >= 15 is 0 Å². The summed E-state index contributed by atoms with van der Waals surface area (Å²) in [6.45, 7) is 1.98. The van der Waals surface area contributed by atoms with Gasteiger partial charge in [-0.2, -0.15) is 0 Å². The third-order valence-electron chi connectivity index (χ3n) is 3.30. The molecule has 0 unspecified atom stereocenters. The lowest BCUT2D eigenvalue weighted by Crippen LogP contribution is -2.04. The van der Waals surface area contributed by atoms with E-state index in [1.165, 1.54) is 12.8 Å². The van der Waals surface area contributed by atoms with Crippen molar-refractivity contribution in [1.82, 2.24) is 9.97 Å². The first-order valence-corrected chi connectivity index (χ1v) is 7.61. The average Bonchev–Trinajstić information content (AvgIpc) is 3.20. The van der Waals surface area contributed by atoms with E-state index in [2.05, 4.69) is 32.6 Å². The van der Waals surface area contributed by atoms with Crippen molar-refractivity contribution in [2.24, 2.45) is 0 Å². The minimum Gasteiger partial charge on any atom is -0.383 e. The van der Waals surface area contributed by atoms with Gasteiger partial charge in [0.1, 0.15) is 5.82 Å². The molecule has 2 N–H and O–H groups in total. The van der Waals surface area contributed by atoms with Crippen molar-refractivity contribution in [3.8, 4) is 11.4 Å². The maximum atomic E-state index is 6.16. The summed E-state index contributed by atoms with van der Waals surface area (Å²) in [4.78, 5) is 9.06. The fraction of sp³-hybridized carbons (Fsp3) is 0.286. The van der Waals surface area contributed by atoms with Crippen LogP contribution in [0.25, 0.3) is 11.4 Å². The molecule has 1 saturated carbocycles. The van der Waals surface area contributed by atoms with Crippen LogP contribution in [0.1, 0.15) is 30.0 Å². The third-order valence-corrected chi connectivity index (χ3v) is 4.81. The molecule has 0 spiro atoms. The van der Waals surface area contributed by atoms with E-state index in [1.54, 1.807) is 0 Å². The summed E-state index contributed by atoms with van der Waals surface area (Å²) < 4.78 is 0.988.